The number of hydrogen-bond donors (Lipinski definition) is 1. The number of hydrogen-bond acceptors (Lipinski definition) is 6. The zero-order chi connectivity index (χ0) is 25.4. The van der Waals surface area contributed by atoms with E-state index in [1.807, 2.05) is 0 Å². The fourth-order valence-corrected chi connectivity index (χ4v) is 4.45. The molecule has 0 radical (unpaired) electrons. The topological polar surface area (TPSA) is 110 Å². The normalized spacial score (nSPS) is 13.0. The second-order valence-electron chi connectivity index (χ2n) is 7.96. The fourth-order valence-electron chi connectivity index (χ4n) is 3.87. The molecule has 2 aromatic heterocycles. The van der Waals surface area contributed by atoms with E-state index < -0.39 is 11.2 Å². The van der Waals surface area contributed by atoms with Gasteiger partial charge in [-0.15, -0.1) is 0 Å². The Hall–Kier alpha value is -4.02. The van der Waals surface area contributed by atoms with Gasteiger partial charge in [-0.1, -0.05) is 35.3 Å². The lowest BCUT2D eigenvalue weighted by molar-refractivity contribution is 0.0727. The van der Waals surface area contributed by atoms with Crippen molar-refractivity contribution in [2.45, 2.75) is 13.0 Å². The SMILES string of the molecule is O=C1c2ccc(Oc3cc(Cl)c(-n4ncc(=O)[nH]c4=O)c(Cl)n3)cc2CCN1Cc1ccc(F)cc1. The van der Waals surface area contributed by atoms with Gasteiger partial charge < -0.3 is 9.64 Å². The van der Waals surface area contributed by atoms with Gasteiger partial charge in [0.2, 0.25) is 5.88 Å². The lowest BCUT2D eigenvalue weighted by atomic mass is 9.98. The summed E-state index contributed by atoms with van der Waals surface area (Å²) in [5.74, 6) is 0.0290. The van der Waals surface area contributed by atoms with Crippen molar-refractivity contribution in [3.8, 4) is 17.3 Å². The molecule has 36 heavy (non-hydrogen) atoms. The van der Waals surface area contributed by atoms with Crippen molar-refractivity contribution in [1.82, 2.24) is 24.6 Å². The number of carbonyl (C=O) groups is 1. The molecule has 4 aromatic rings. The predicted octanol–water partition coefficient (Wildman–Crippen LogP) is 3.75. The monoisotopic (exact) mass is 527 g/mol. The van der Waals surface area contributed by atoms with Crippen molar-refractivity contribution in [2.24, 2.45) is 0 Å². The molecule has 0 atom stereocenters. The standard InChI is InChI=1S/C24H16Cl2FN5O4/c25-18-10-20(30-22(26)21(18)32-24(35)29-19(33)11-28-32)36-16-5-6-17-14(9-16)7-8-31(23(17)34)12-13-1-3-15(27)4-2-13/h1-6,9-11H,7-8,12H2,(H,29,33,35). The van der Waals surface area contributed by atoms with E-state index in [0.717, 1.165) is 22.0 Å². The third-order valence-corrected chi connectivity index (χ3v) is 6.11. The van der Waals surface area contributed by atoms with Gasteiger partial charge in [0.1, 0.15) is 23.5 Å². The van der Waals surface area contributed by atoms with Crippen LogP contribution in [0, 0.1) is 5.82 Å². The number of amides is 1. The van der Waals surface area contributed by atoms with Crippen LogP contribution in [0.1, 0.15) is 21.5 Å². The van der Waals surface area contributed by atoms with E-state index in [9.17, 15) is 18.8 Å². The molecule has 1 N–H and O–H groups in total. The molecule has 0 unspecified atom stereocenters. The van der Waals surface area contributed by atoms with Gasteiger partial charge in [-0.25, -0.2) is 9.18 Å². The molecule has 0 spiro atoms. The van der Waals surface area contributed by atoms with E-state index in [2.05, 4.69) is 15.1 Å². The maximum absolute atomic E-state index is 13.2. The number of aromatic nitrogens is 4. The molecule has 12 heteroatoms. The molecule has 5 rings (SSSR count). The number of nitrogens with one attached hydrogen (secondary N) is 1. The zero-order valence-electron chi connectivity index (χ0n) is 18.4. The second kappa shape index (κ2) is 9.56. The van der Waals surface area contributed by atoms with Gasteiger partial charge >= 0.3 is 5.69 Å². The maximum Gasteiger partial charge on any atom is 0.349 e. The number of nitrogens with zero attached hydrogens (tertiary/aromatic N) is 4. The summed E-state index contributed by atoms with van der Waals surface area (Å²) >= 11 is 12.5. The molecular weight excluding hydrogens is 512 g/mol. The van der Waals surface area contributed by atoms with Crippen LogP contribution in [-0.4, -0.2) is 37.1 Å². The Morgan fingerprint density at radius 1 is 1.06 bits per heavy atom. The quantitative estimate of drug-likeness (QED) is 0.395. The molecule has 0 aliphatic carbocycles. The number of aromatic amines is 1. The molecule has 0 fully saturated rings. The van der Waals surface area contributed by atoms with Crippen LogP contribution >= 0.6 is 23.2 Å². The van der Waals surface area contributed by atoms with E-state index in [1.54, 1.807) is 35.2 Å². The van der Waals surface area contributed by atoms with Gasteiger partial charge in [-0.3, -0.25) is 14.6 Å². The molecular formula is C24H16Cl2FN5O4. The van der Waals surface area contributed by atoms with Gasteiger partial charge in [0, 0.05) is 24.7 Å². The Kier molecular flexibility index (Phi) is 6.29. The van der Waals surface area contributed by atoms with Crippen LogP contribution in [0.15, 0.2) is 64.3 Å². The molecule has 0 saturated heterocycles. The summed E-state index contributed by atoms with van der Waals surface area (Å²) in [6, 6.07) is 12.5. The molecule has 182 valence electrons. The van der Waals surface area contributed by atoms with Crippen molar-refractivity contribution >= 4 is 29.1 Å². The number of carbonyl (C=O) groups excluding carboxylic acids is 1. The smallest absolute Gasteiger partial charge is 0.349 e. The molecule has 3 heterocycles. The first-order chi connectivity index (χ1) is 17.3. The number of fused-ring (bicyclic) bond motifs is 1. The largest absolute Gasteiger partial charge is 0.439 e. The summed E-state index contributed by atoms with van der Waals surface area (Å²) < 4.78 is 19.8. The summed E-state index contributed by atoms with van der Waals surface area (Å²) in [6.45, 7) is 0.884. The van der Waals surface area contributed by atoms with Gasteiger partial charge in [-0.05, 0) is 47.9 Å². The molecule has 1 aliphatic rings. The summed E-state index contributed by atoms with van der Waals surface area (Å²) in [4.78, 5) is 44.2. The maximum atomic E-state index is 13.2. The number of ether oxygens (including phenoxy) is 1. The number of pyridine rings is 1. The van der Waals surface area contributed by atoms with Crippen LogP contribution in [0.3, 0.4) is 0 Å². The highest BCUT2D eigenvalue weighted by Crippen LogP contribution is 2.32. The molecule has 2 aromatic carbocycles. The highest BCUT2D eigenvalue weighted by atomic mass is 35.5. The number of rotatable bonds is 5. The predicted molar refractivity (Wildman–Crippen MR) is 130 cm³/mol. The van der Waals surface area contributed by atoms with Gasteiger partial charge in [-0.2, -0.15) is 14.8 Å². The van der Waals surface area contributed by atoms with E-state index in [4.69, 9.17) is 27.9 Å². The van der Waals surface area contributed by atoms with E-state index in [-0.39, 0.29) is 33.5 Å². The Morgan fingerprint density at radius 2 is 1.83 bits per heavy atom. The van der Waals surface area contributed by atoms with E-state index >= 15 is 0 Å². The van der Waals surface area contributed by atoms with Crippen LogP contribution in [0.4, 0.5) is 4.39 Å². The molecule has 0 saturated carbocycles. The zero-order valence-corrected chi connectivity index (χ0v) is 19.9. The molecule has 0 bridgehead atoms. The third-order valence-electron chi connectivity index (χ3n) is 5.56. The Bertz CT molecular complexity index is 1580. The minimum Gasteiger partial charge on any atom is -0.439 e. The van der Waals surface area contributed by atoms with Crippen LogP contribution in [0.5, 0.6) is 11.6 Å². The third kappa shape index (κ3) is 4.73. The highest BCUT2D eigenvalue weighted by molar-refractivity contribution is 6.37. The van der Waals surface area contributed by atoms with Crippen molar-refractivity contribution in [3.05, 3.63) is 108 Å². The Morgan fingerprint density at radius 3 is 2.56 bits per heavy atom. The van der Waals surface area contributed by atoms with Gasteiger partial charge in [0.15, 0.2) is 5.15 Å². The van der Waals surface area contributed by atoms with Gasteiger partial charge in [0.05, 0.1) is 5.02 Å². The number of H-pyrrole nitrogens is 1. The minimum absolute atomic E-state index is 0.00998. The average molecular weight is 528 g/mol. The first-order valence-corrected chi connectivity index (χ1v) is 11.4. The van der Waals surface area contributed by atoms with Crippen LogP contribution in [0.25, 0.3) is 5.69 Å². The lowest BCUT2D eigenvalue weighted by Crippen LogP contribution is -2.37. The Balaban J connectivity index is 1.35. The van der Waals surface area contributed by atoms with Crippen LogP contribution in [-0.2, 0) is 13.0 Å². The Labute approximate surface area is 212 Å². The number of halogens is 3. The molecule has 1 aliphatic heterocycles. The van der Waals surface area contributed by atoms with Crippen molar-refractivity contribution in [1.29, 1.82) is 0 Å². The van der Waals surface area contributed by atoms with Crippen molar-refractivity contribution in [2.75, 3.05) is 6.54 Å². The van der Waals surface area contributed by atoms with E-state index in [0.29, 0.717) is 30.8 Å². The second-order valence-corrected chi connectivity index (χ2v) is 8.72. The average Bonchev–Trinajstić information content (AvgIpc) is 2.83. The minimum atomic E-state index is -0.824. The fraction of sp³-hybridized carbons (Fsp3) is 0.125. The molecule has 9 nitrogen and oxygen atoms in total. The summed E-state index contributed by atoms with van der Waals surface area (Å²) in [6.07, 6.45) is 1.52. The summed E-state index contributed by atoms with van der Waals surface area (Å²) in [5, 5.41) is 3.59. The van der Waals surface area contributed by atoms with Crippen molar-refractivity contribution in [3.63, 3.8) is 0 Å². The lowest BCUT2D eigenvalue weighted by Gasteiger charge is -2.29. The van der Waals surface area contributed by atoms with E-state index in [1.165, 1.54) is 18.2 Å². The number of benzene rings is 2. The van der Waals surface area contributed by atoms with Crippen molar-refractivity contribution < 1.29 is 13.9 Å². The molecule has 1 amide bonds. The first kappa shape index (κ1) is 23.7. The summed E-state index contributed by atoms with van der Waals surface area (Å²) in [7, 11) is 0. The summed E-state index contributed by atoms with van der Waals surface area (Å²) in [5.41, 5.74) is 0.708. The highest BCUT2D eigenvalue weighted by Gasteiger charge is 2.25. The first-order valence-electron chi connectivity index (χ1n) is 10.7. The van der Waals surface area contributed by atoms with Gasteiger partial charge in [0.25, 0.3) is 11.5 Å². The van der Waals surface area contributed by atoms with Crippen LogP contribution in [0.2, 0.25) is 10.2 Å². The van der Waals surface area contributed by atoms with Crippen LogP contribution < -0.4 is 16.0 Å².